The largest absolute Gasteiger partial charge is 0.460 e. The quantitative estimate of drug-likeness (QED) is 0.0388. The minimum absolute atomic E-state index is 0.315. The molecule has 0 aromatic heterocycles. The molecule has 0 aliphatic heterocycles. The third-order valence-corrected chi connectivity index (χ3v) is 12.3. The zero-order valence-electron chi connectivity index (χ0n) is 32.8. The fraction of sp³-hybridized carbons (Fsp3) is 0.780. The van der Waals surface area contributed by atoms with Crippen LogP contribution in [0.15, 0.2) is 48.6 Å². The van der Waals surface area contributed by atoms with E-state index >= 15 is 0 Å². The third kappa shape index (κ3) is 31.5. The standard InChI is InChI=1S/C41H75NO7S2/c1-5-7-9-11-13-15-17-19-21-23-25-27-29-31-33-35-39(43)40(49-41(44)37-38-42(50(3,45)46)51(4,47)48)36-34-32-30-28-26-24-22-20-18-16-14-12-10-8-6-2/h13-16,19-22,39-40,43H,5-12,17-18,23-38H2,1-4H3/b15-13-,16-14-,21-19-,22-20-. The Balaban J connectivity index is 4.61. The molecule has 0 aliphatic rings. The lowest BCUT2D eigenvalue weighted by Crippen LogP contribution is -2.38. The summed E-state index contributed by atoms with van der Waals surface area (Å²) in [6.45, 7) is 3.92. The number of esters is 1. The van der Waals surface area contributed by atoms with E-state index < -0.39 is 51.2 Å². The molecule has 0 radical (unpaired) electrons. The van der Waals surface area contributed by atoms with Crippen molar-refractivity contribution in [1.29, 1.82) is 0 Å². The minimum Gasteiger partial charge on any atom is -0.460 e. The van der Waals surface area contributed by atoms with Gasteiger partial charge in [-0.15, -0.1) is 0 Å². The molecule has 298 valence electrons. The lowest BCUT2D eigenvalue weighted by Gasteiger charge is -2.24. The van der Waals surface area contributed by atoms with Gasteiger partial charge in [0.05, 0.1) is 25.0 Å². The molecule has 2 unspecified atom stereocenters. The van der Waals surface area contributed by atoms with E-state index in [-0.39, 0.29) is 0 Å². The van der Waals surface area contributed by atoms with Crippen molar-refractivity contribution in [2.75, 3.05) is 19.1 Å². The van der Waals surface area contributed by atoms with Gasteiger partial charge in [0, 0.05) is 6.54 Å². The van der Waals surface area contributed by atoms with Crippen molar-refractivity contribution in [3.05, 3.63) is 48.6 Å². The second-order valence-electron chi connectivity index (χ2n) is 13.9. The summed E-state index contributed by atoms with van der Waals surface area (Å²) in [6, 6.07) is 0. The number of sulfonamides is 2. The second kappa shape index (κ2) is 32.9. The maximum absolute atomic E-state index is 12.7. The van der Waals surface area contributed by atoms with Crippen LogP contribution in [0.2, 0.25) is 0 Å². The van der Waals surface area contributed by atoms with Gasteiger partial charge in [-0.3, -0.25) is 4.79 Å². The zero-order chi connectivity index (χ0) is 38.1. The number of allylic oxidation sites excluding steroid dienone is 8. The Morgan fingerprint density at radius 2 is 0.941 bits per heavy atom. The van der Waals surface area contributed by atoms with Crippen molar-refractivity contribution >= 4 is 26.0 Å². The van der Waals surface area contributed by atoms with Crippen LogP contribution in [-0.4, -0.2) is 62.9 Å². The number of aliphatic hydroxyl groups excluding tert-OH is 1. The Kier molecular flexibility index (Phi) is 31.7. The fourth-order valence-electron chi connectivity index (χ4n) is 5.83. The van der Waals surface area contributed by atoms with Crippen LogP contribution in [0.3, 0.4) is 0 Å². The van der Waals surface area contributed by atoms with E-state index in [1.807, 2.05) is 0 Å². The van der Waals surface area contributed by atoms with E-state index in [9.17, 15) is 26.7 Å². The summed E-state index contributed by atoms with van der Waals surface area (Å²) in [4.78, 5) is 12.7. The van der Waals surface area contributed by atoms with Gasteiger partial charge in [-0.2, -0.15) is 0 Å². The first kappa shape index (κ1) is 49.2. The molecule has 0 spiro atoms. The van der Waals surface area contributed by atoms with Crippen LogP contribution in [0.25, 0.3) is 0 Å². The molecule has 0 aromatic rings. The van der Waals surface area contributed by atoms with Gasteiger partial charge in [0.2, 0.25) is 20.0 Å². The number of unbranched alkanes of at least 4 members (excludes halogenated alkanes) is 16. The maximum atomic E-state index is 12.7. The van der Waals surface area contributed by atoms with Crippen LogP contribution in [0, 0.1) is 0 Å². The number of carbonyl (C=O) groups excluding carboxylic acids is 1. The first-order chi connectivity index (χ1) is 24.4. The number of hydrogen-bond donors (Lipinski definition) is 1. The maximum Gasteiger partial charge on any atom is 0.307 e. The molecule has 0 aliphatic carbocycles. The Bertz CT molecular complexity index is 1140. The average Bonchev–Trinajstić information content (AvgIpc) is 3.06. The molecule has 0 bridgehead atoms. The molecular weight excluding hydrogens is 683 g/mol. The fourth-order valence-corrected chi connectivity index (χ4v) is 8.64. The van der Waals surface area contributed by atoms with E-state index in [0.29, 0.717) is 16.6 Å². The lowest BCUT2D eigenvalue weighted by atomic mass is 9.99. The Morgan fingerprint density at radius 3 is 1.35 bits per heavy atom. The Hall–Kier alpha value is -1.75. The van der Waals surface area contributed by atoms with E-state index in [4.69, 9.17) is 4.74 Å². The highest BCUT2D eigenvalue weighted by Gasteiger charge is 2.29. The molecular formula is C41H75NO7S2. The van der Waals surface area contributed by atoms with E-state index in [2.05, 4.69) is 62.5 Å². The Morgan fingerprint density at radius 1 is 0.569 bits per heavy atom. The van der Waals surface area contributed by atoms with Crippen LogP contribution in [0.4, 0.5) is 0 Å². The van der Waals surface area contributed by atoms with Crippen molar-refractivity contribution in [2.45, 2.75) is 187 Å². The minimum atomic E-state index is -4.06. The van der Waals surface area contributed by atoms with Gasteiger partial charge in [-0.25, -0.2) is 16.8 Å². The molecule has 0 saturated carbocycles. The van der Waals surface area contributed by atoms with Crippen LogP contribution < -0.4 is 0 Å². The molecule has 0 fully saturated rings. The van der Waals surface area contributed by atoms with Gasteiger partial charge in [0.25, 0.3) is 0 Å². The highest BCUT2D eigenvalue weighted by Crippen LogP contribution is 2.19. The summed E-state index contributed by atoms with van der Waals surface area (Å²) in [5.41, 5.74) is 0. The van der Waals surface area contributed by atoms with E-state index in [1.54, 1.807) is 0 Å². The van der Waals surface area contributed by atoms with Crippen molar-refractivity contribution in [3.8, 4) is 0 Å². The topological polar surface area (TPSA) is 118 Å². The highest BCUT2D eigenvalue weighted by atomic mass is 32.3. The smallest absolute Gasteiger partial charge is 0.307 e. The number of aliphatic hydroxyl groups is 1. The number of carbonyl (C=O) groups is 1. The number of rotatable bonds is 35. The van der Waals surface area contributed by atoms with E-state index in [0.717, 1.165) is 102 Å². The lowest BCUT2D eigenvalue weighted by molar-refractivity contribution is -0.156. The summed E-state index contributed by atoms with van der Waals surface area (Å²) in [5.74, 6) is -0.709. The van der Waals surface area contributed by atoms with Crippen molar-refractivity contribution in [1.82, 2.24) is 3.71 Å². The van der Waals surface area contributed by atoms with Gasteiger partial charge in [-0.1, -0.05) is 137 Å². The monoisotopic (exact) mass is 757 g/mol. The van der Waals surface area contributed by atoms with Crippen molar-refractivity contribution in [3.63, 3.8) is 0 Å². The van der Waals surface area contributed by atoms with Gasteiger partial charge >= 0.3 is 5.97 Å². The van der Waals surface area contributed by atoms with Gasteiger partial charge in [0.15, 0.2) is 0 Å². The molecule has 0 rings (SSSR count). The van der Waals surface area contributed by atoms with E-state index in [1.165, 1.54) is 51.4 Å². The molecule has 0 amide bonds. The molecule has 8 nitrogen and oxygen atoms in total. The van der Waals surface area contributed by atoms with Crippen LogP contribution in [0.1, 0.15) is 174 Å². The highest BCUT2D eigenvalue weighted by molar-refractivity contribution is 8.03. The number of hydrogen-bond acceptors (Lipinski definition) is 7. The first-order valence-corrected chi connectivity index (χ1v) is 23.8. The SMILES string of the molecule is CCCCC/C=C\C/C=C\CCCCCCCC(O)C(CCCCCCC/C=C\C/C=C\CCCCC)OC(=O)CCN(S(C)(=O)=O)S(C)(=O)=O. The van der Waals surface area contributed by atoms with Crippen molar-refractivity contribution in [2.24, 2.45) is 0 Å². The molecule has 0 heterocycles. The summed E-state index contributed by atoms with van der Waals surface area (Å²) in [5, 5.41) is 11.0. The molecule has 0 aromatic carbocycles. The summed E-state index contributed by atoms with van der Waals surface area (Å²) >= 11 is 0. The predicted octanol–water partition coefficient (Wildman–Crippen LogP) is 10.5. The molecule has 0 saturated heterocycles. The summed E-state index contributed by atoms with van der Waals surface area (Å²) in [6.07, 6.45) is 43.1. The van der Waals surface area contributed by atoms with Crippen LogP contribution >= 0.6 is 0 Å². The summed E-state index contributed by atoms with van der Waals surface area (Å²) in [7, 11) is -8.12. The van der Waals surface area contributed by atoms with Gasteiger partial charge in [-0.05, 0) is 83.5 Å². The molecule has 10 heteroatoms. The number of ether oxygens (including phenoxy) is 1. The molecule has 2 atom stereocenters. The van der Waals surface area contributed by atoms with Crippen molar-refractivity contribution < 1.29 is 31.5 Å². The third-order valence-electron chi connectivity index (χ3n) is 8.84. The summed E-state index contributed by atoms with van der Waals surface area (Å²) < 4.78 is 53.8. The average molecular weight is 758 g/mol. The normalized spacial score (nSPS) is 14.2. The zero-order valence-corrected chi connectivity index (χ0v) is 34.5. The van der Waals surface area contributed by atoms with Gasteiger partial charge < -0.3 is 9.84 Å². The van der Waals surface area contributed by atoms with Crippen LogP contribution in [0.5, 0.6) is 0 Å². The molecule has 1 N–H and O–H groups in total. The first-order valence-electron chi connectivity index (χ1n) is 20.1. The predicted molar refractivity (Wildman–Crippen MR) is 216 cm³/mol. The second-order valence-corrected chi connectivity index (χ2v) is 18.0. The Labute approximate surface area is 314 Å². The molecule has 51 heavy (non-hydrogen) atoms. The number of nitrogens with zero attached hydrogens (tertiary/aromatic N) is 1. The van der Waals surface area contributed by atoms with Gasteiger partial charge in [0.1, 0.15) is 6.10 Å². The van der Waals surface area contributed by atoms with Crippen LogP contribution in [-0.2, 0) is 29.6 Å².